The van der Waals surface area contributed by atoms with Crippen molar-refractivity contribution in [2.75, 3.05) is 19.6 Å². The molecule has 4 heteroatoms. The zero-order valence-corrected chi connectivity index (χ0v) is 14.6. The van der Waals surface area contributed by atoms with Crippen LogP contribution in [0.2, 0.25) is 0 Å². The highest BCUT2D eigenvalue weighted by atomic mass is 16.9. The molecule has 3 heterocycles. The van der Waals surface area contributed by atoms with Gasteiger partial charge in [-0.2, -0.15) is 4.65 Å². The van der Waals surface area contributed by atoms with Crippen LogP contribution in [0, 0.1) is 5.92 Å². The molecule has 3 saturated heterocycles. The fraction of sp³-hybridized carbons (Fsp3) is 1.00. The smallest absolute Gasteiger partial charge is 0.217 e. The highest BCUT2D eigenvalue weighted by Gasteiger charge is 2.71. The lowest BCUT2D eigenvalue weighted by Crippen LogP contribution is -2.62. The molecule has 0 aliphatic carbocycles. The van der Waals surface area contributed by atoms with Crippen LogP contribution < -0.4 is 0 Å². The standard InChI is InChI=1S/C17H34N2O2/c1-16(2,3)19-13-14(11-15(19)21-19)12-17(4,5)18(20)9-7-6-8-10-18/h14-15,20H,6-13H2,1-5H3/q+2. The second kappa shape index (κ2) is 4.67. The van der Waals surface area contributed by atoms with Gasteiger partial charge in [0.25, 0.3) is 6.23 Å². The fourth-order valence-corrected chi connectivity index (χ4v) is 4.84. The first-order valence-electron chi connectivity index (χ1n) is 8.76. The number of rotatable bonds is 3. The summed E-state index contributed by atoms with van der Waals surface area (Å²) in [5, 5.41) is 11.1. The summed E-state index contributed by atoms with van der Waals surface area (Å²) in [5.41, 5.74) is 0.144. The molecule has 0 radical (unpaired) electrons. The van der Waals surface area contributed by atoms with Gasteiger partial charge >= 0.3 is 0 Å². The minimum absolute atomic E-state index is 0.0368. The van der Waals surface area contributed by atoms with Crippen molar-refractivity contribution in [2.45, 2.75) is 84.0 Å². The molecule has 0 aromatic carbocycles. The van der Waals surface area contributed by atoms with E-state index in [0.29, 0.717) is 12.1 Å². The number of nitrogens with zero attached hydrogens (tertiary/aromatic N) is 2. The van der Waals surface area contributed by atoms with Crippen LogP contribution in [-0.2, 0) is 4.84 Å². The topological polar surface area (TPSA) is 32.8 Å². The van der Waals surface area contributed by atoms with Crippen LogP contribution >= 0.6 is 0 Å². The van der Waals surface area contributed by atoms with Crippen molar-refractivity contribution in [3.8, 4) is 0 Å². The maximum atomic E-state index is 11.1. The quantitative estimate of drug-likeness (QED) is 0.639. The van der Waals surface area contributed by atoms with Gasteiger partial charge in [0.1, 0.15) is 30.7 Å². The summed E-state index contributed by atoms with van der Waals surface area (Å²) < 4.78 is 1.13. The van der Waals surface area contributed by atoms with E-state index in [0.717, 1.165) is 30.7 Å². The lowest BCUT2D eigenvalue weighted by molar-refractivity contribution is -1.14. The van der Waals surface area contributed by atoms with Crippen molar-refractivity contribution in [2.24, 2.45) is 5.92 Å². The Hall–Kier alpha value is -0.160. The summed E-state index contributed by atoms with van der Waals surface area (Å²) in [6.45, 7) is 14.4. The Morgan fingerprint density at radius 3 is 2.19 bits per heavy atom. The van der Waals surface area contributed by atoms with Crippen molar-refractivity contribution in [1.82, 2.24) is 0 Å². The summed E-state index contributed by atoms with van der Waals surface area (Å²) in [6, 6.07) is 0. The first-order chi connectivity index (χ1) is 9.60. The molecule has 0 saturated carbocycles. The van der Waals surface area contributed by atoms with Crippen LogP contribution in [0.1, 0.15) is 66.7 Å². The van der Waals surface area contributed by atoms with Crippen LogP contribution in [0.15, 0.2) is 0 Å². The molecule has 0 spiro atoms. The Kier molecular flexibility index (Phi) is 3.50. The predicted molar refractivity (Wildman–Crippen MR) is 82.2 cm³/mol. The van der Waals surface area contributed by atoms with Crippen LogP contribution in [0.3, 0.4) is 0 Å². The van der Waals surface area contributed by atoms with Gasteiger partial charge in [-0.05, 0) is 53.9 Å². The number of piperidine rings is 1. The van der Waals surface area contributed by atoms with Gasteiger partial charge in [0.05, 0.1) is 0 Å². The molecular weight excluding hydrogens is 264 g/mol. The van der Waals surface area contributed by atoms with Gasteiger partial charge in [-0.3, -0.25) is 0 Å². The molecular formula is C17H34N2O2+2. The number of hydroxylamine groups is 6. The summed E-state index contributed by atoms with van der Waals surface area (Å²) >= 11 is 0. The highest BCUT2D eigenvalue weighted by molar-refractivity contribution is 4.84. The summed E-state index contributed by atoms with van der Waals surface area (Å²) in [6.07, 6.45) is 6.30. The van der Waals surface area contributed by atoms with E-state index in [1.165, 1.54) is 25.7 Å². The SMILES string of the molecule is CC(C)(CC1CC2O[N+]2(C(C)(C)C)C1)[N+]1(O)CCCCC1. The lowest BCUT2D eigenvalue weighted by atomic mass is 9.86. The first-order valence-corrected chi connectivity index (χ1v) is 8.76. The van der Waals surface area contributed by atoms with Gasteiger partial charge in [-0.15, -0.1) is 9.48 Å². The van der Waals surface area contributed by atoms with E-state index in [-0.39, 0.29) is 15.7 Å². The van der Waals surface area contributed by atoms with E-state index in [4.69, 9.17) is 4.84 Å². The van der Waals surface area contributed by atoms with Crippen molar-refractivity contribution in [3.63, 3.8) is 0 Å². The fourth-order valence-electron chi connectivity index (χ4n) is 4.84. The molecule has 3 fully saturated rings. The monoisotopic (exact) mass is 298 g/mol. The Morgan fingerprint density at radius 2 is 1.67 bits per heavy atom. The molecule has 122 valence electrons. The zero-order chi connectivity index (χ0) is 15.5. The van der Waals surface area contributed by atoms with Crippen LogP contribution in [0.4, 0.5) is 0 Å². The maximum Gasteiger partial charge on any atom is 0.275 e. The first kappa shape index (κ1) is 15.7. The van der Waals surface area contributed by atoms with Crippen LogP contribution in [0.25, 0.3) is 0 Å². The predicted octanol–water partition coefficient (Wildman–Crippen LogP) is 3.45. The van der Waals surface area contributed by atoms with E-state index in [9.17, 15) is 5.21 Å². The van der Waals surface area contributed by atoms with E-state index in [1.807, 2.05) is 0 Å². The molecule has 3 atom stereocenters. The van der Waals surface area contributed by atoms with Crippen LogP contribution in [0.5, 0.6) is 0 Å². The maximum absolute atomic E-state index is 11.1. The molecule has 4 nitrogen and oxygen atoms in total. The lowest BCUT2D eigenvalue weighted by Gasteiger charge is -2.46. The van der Waals surface area contributed by atoms with Crippen molar-refractivity contribution in [3.05, 3.63) is 0 Å². The number of hydrogen-bond donors (Lipinski definition) is 1. The van der Waals surface area contributed by atoms with Gasteiger partial charge in [-0.25, -0.2) is 5.21 Å². The largest absolute Gasteiger partial charge is 0.275 e. The van der Waals surface area contributed by atoms with Crippen molar-refractivity contribution >= 4 is 0 Å². The Morgan fingerprint density at radius 1 is 1.05 bits per heavy atom. The molecule has 0 bridgehead atoms. The zero-order valence-electron chi connectivity index (χ0n) is 14.6. The van der Waals surface area contributed by atoms with E-state index < -0.39 is 0 Å². The van der Waals surface area contributed by atoms with Gasteiger partial charge in [0, 0.05) is 18.8 Å². The van der Waals surface area contributed by atoms with Gasteiger partial charge < -0.3 is 0 Å². The van der Waals surface area contributed by atoms with Gasteiger partial charge in [-0.1, -0.05) is 0 Å². The Bertz CT molecular complexity index is 410. The summed E-state index contributed by atoms with van der Waals surface area (Å²) in [7, 11) is 0. The number of fused-ring (bicyclic) bond motifs is 1. The van der Waals surface area contributed by atoms with Gasteiger partial charge in [0.15, 0.2) is 0 Å². The summed E-state index contributed by atoms with van der Waals surface area (Å²) in [4.78, 5) is 5.99. The Balaban J connectivity index is 1.65. The number of hydrogen-bond acceptors (Lipinski definition) is 2. The molecule has 3 unspecified atom stereocenters. The van der Waals surface area contributed by atoms with Gasteiger partial charge in [0.2, 0.25) is 0 Å². The average molecular weight is 298 g/mol. The van der Waals surface area contributed by atoms with Crippen LogP contribution in [-0.4, -0.2) is 51.4 Å². The second-order valence-corrected chi connectivity index (χ2v) is 9.26. The normalized spacial score (nSPS) is 39.1. The minimum atomic E-state index is -0.0368. The Labute approximate surface area is 129 Å². The third kappa shape index (κ3) is 2.44. The molecule has 3 rings (SSSR count). The second-order valence-electron chi connectivity index (χ2n) is 9.26. The summed E-state index contributed by atoms with van der Waals surface area (Å²) in [5.74, 6) is 0.682. The van der Waals surface area contributed by atoms with E-state index >= 15 is 0 Å². The number of quaternary nitrogens is 2. The molecule has 0 amide bonds. The average Bonchev–Trinajstić information content (AvgIpc) is 2.93. The van der Waals surface area contributed by atoms with Crippen molar-refractivity contribution in [1.29, 1.82) is 0 Å². The minimum Gasteiger partial charge on any atom is -0.217 e. The number of likely N-dealkylation sites (tertiary alicyclic amines) is 1. The highest BCUT2D eigenvalue weighted by Crippen LogP contribution is 2.54. The third-order valence-electron chi connectivity index (χ3n) is 6.40. The van der Waals surface area contributed by atoms with E-state index in [1.54, 1.807) is 0 Å². The van der Waals surface area contributed by atoms with E-state index in [2.05, 4.69) is 34.6 Å². The molecule has 0 aromatic heterocycles. The molecule has 0 aromatic rings. The molecule has 3 aliphatic heterocycles. The van der Waals surface area contributed by atoms with Crippen molar-refractivity contribution < 1.29 is 19.3 Å². The molecule has 3 aliphatic rings. The third-order valence-corrected chi connectivity index (χ3v) is 6.40. The molecule has 21 heavy (non-hydrogen) atoms. The molecule has 1 N–H and O–H groups in total.